The van der Waals surface area contributed by atoms with Crippen molar-refractivity contribution in [2.75, 3.05) is 13.1 Å². The van der Waals surface area contributed by atoms with Gasteiger partial charge in [-0.1, -0.05) is 17.7 Å². The predicted octanol–water partition coefficient (Wildman–Crippen LogP) is 1.27. The summed E-state index contributed by atoms with van der Waals surface area (Å²) in [5.41, 5.74) is -0.732. The third-order valence-corrected chi connectivity index (χ3v) is 2.50. The van der Waals surface area contributed by atoms with Crippen LogP contribution in [0.15, 0.2) is 18.2 Å². The van der Waals surface area contributed by atoms with Crippen LogP contribution in [0.3, 0.4) is 0 Å². The van der Waals surface area contributed by atoms with Crippen LogP contribution in [0.4, 0.5) is 4.39 Å². The van der Waals surface area contributed by atoms with Gasteiger partial charge in [0.25, 0.3) is 0 Å². The summed E-state index contributed by atoms with van der Waals surface area (Å²) >= 11 is 5.59. The van der Waals surface area contributed by atoms with Crippen LogP contribution in [0.2, 0.25) is 5.02 Å². The van der Waals surface area contributed by atoms with E-state index in [1.54, 1.807) is 6.07 Å². The Balaban J connectivity index is 2.40. The zero-order valence-corrected chi connectivity index (χ0v) is 7.61. The van der Waals surface area contributed by atoms with E-state index in [9.17, 15) is 9.50 Å². The highest BCUT2D eigenvalue weighted by molar-refractivity contribution is 6.30. The number of halogens is 2. The van der Waals surface area contributed by atoms with Crippen LogP contribution in [-0.4, -0.2) is 18.2 Å². The van der Waals surface area contributed by atoms with Crippen molar-refractivity contribution < 1.29 is 9.50 Å². The number of nitrogens with one attached hydrogen (secondary N) is 1. The van der Waals surface area contributed by atoms with Crippen LogP contribution in [-0.2, 0) is 5.60 Å². The van der Waals surface area contributed by atoms with Crippen molar-refractivity contribution in [3.05, 3.63) is 34.6 Å². The first-order chi connectivity index (χ1) is 6.12. The summed E-state index contributed by atoms with van der Waals surface area (Å²) in [5.74, 6) is -0.448. The number of hydrogen-bond donors (Lipinski definition) is 2. The molecule has 2 rings (SSSR count). The van der Waals surface area contributed by atoms with Crippen LogP contribution in [0.5, 0.6) is 0 Å². The van der Waals surface area contributed by atoms with Gasteiger partial charge in [-0.25, -0.2) is 4.39 Å². The van der Waals surface area contributed by atoms with E-state index in [1.807, 2.05) is 0 Å². The zero-order valence-electron chi connectivity index (χ0n) is 6.85. The highest BCUT2D eigenvalue weighted by Crippen LogP contribution is 2.28. The molecule has 70 valence electrons. The van der Waals surface area contributed by atoms with E-state index in [4.69, 9.17) is 11.6 Å². The van der Waals surface area contributed by atoms with Crippen LogP contribution >= 0.6 is 11.6 Å². The van der Waals surface area contributed by atoms with Crippen LogP contribution in [0, 0.1) is 5.82 Å². The van der Waals surface area contributed by atoms with Crippen molar-refractivity contribution in [3.8, 4) is 0 Å². The van der Waals surface area contributed by atoms with Gasteiger partial charge in [-0.3, -0.25) is 0 Å². The lowest BCUT2D eigenvalue weighted by Crippen LogP contribution is -2.57. The molecule has 1 saturated heterocycles. The monoisotopic (exact) mass is 201 g/mol. The quantitative estimate of drug-likeness (QED) is 0.717. The van der Waals surface area contributed by atoms with E-state index in [-0.39, 0.29) is 0 Å². The van der Waals surface area contributed by atoms with Crippen molar-refractivity contribution in [1.82, 2.24) is 5.32 Å². The molecule has 0 spiro atoms. The van der Waals surface area contributed by atoms with E-state index in [1.165, 1.54) is 12.1 Å². The Morgan fingerprint density at radius 1 is 1.46 bits per heavy atom. The van der Waals surface area contributed by atoms with E-state index >= 15 is 0 Å². The van der Waals surface area contributed by atoms with Gasteiger partial charge in [0.1, 0.15) is 11.4 Å². The summed E-state index contributed by atoms with van der Waals surface area (Å²) in [6, 6.07) is 4.32. The van der Waals surface area contributed by atoms with Gasteiger partial charge in [-0.2, -0.15) is 0 Å². The molecule has 0 saturated carbocycles. The lowest BCUT2D eigenvalue weighted by atomic mass is 9.88. The van der Waals surface area contributed by atoms with E-state index in [0.717, 1.165) is 0 Å². The third kappa shape index (κ3) is 1.43. The minimum Gasteiger partial charge on any atom is -0.382 e. The van der Waals surface area contributed by atoms with E-state index in [0.29, 0.717) is 23.7 Å². The molecule has 1 aliphatic heterocycles. The first kappa shape index (κ1) is 8.94. The fourth-order valence-corrected chi connectivity index (χ4v) is 1.58. The lowest BCUT2D eigenvalue weighted by Gasteiger charge is -2.38. The summed E-state index contributed by atoms with van der Waals surface area (Å²) in [6.45, 7) is 0.789. The number of rotatable bonds is 1. The van der Waals surface area contributed by atoms with E-state index in [2.05, 4.69) is 5.32 Å². The molecule has 13 heavy (non-hydrogen) atoms. The molecule has 0 unspecified atom stereocenters. The summed E-state index contributed by atoms with van der Waals surface area (Å²) < 4.78 is 13.3. The fraction of sp³-hybridized carbons (Fsp3) is 0.333. The van der Waals surface area contributed by atoms with Crippen molar-refractivity contribution in [2.45, 2.75) is 5.60 Å². The second-order valence-corrected chi connectivity index (χ2v) is 3.70. The summed E-state index contributed by atoms with van der Waals surface area (Å²) in [4.78, 5) is 0. The van der Waals surface area contributed by atoms with Gasteiger partial charge in [0, 0.05) is 23.7 Å². The number of hydrogen-bond acceptors (Lipinski definition) is 2. The average molecular weight is 202 g/mol. The molecule has 4 heteroatoms. The van der Waals surface area contributed by atoms with E-state index < -0.39 is 11.4 Å². The molecule has 1 aromatic rings. The largest absolute Gasteiger partial charge is 0.382 e. The molecular weight excluding hydrogens is 193 g/mol. The van der Waals surface area contributed by atoms with Crippen LogP contribution < -0.4 is 5.32 Å². The minimum atomic E-state index is -1.05. The third-order valence-electron chi connectivity index (χ3n) is 2.27. The van der Waals surface area contributed by atoms with Crippen molar-refractivity contribution in [3.63, 3.8) is 0 Å². The Kier molecular flexibility index (Phi) is 2.02. The molecule has 0 aliphatic carbocycles. The van der Waals surface area contributed by atoms with Crippen LogP contribution in [0.25, 0.3) is 0 Å². The lowest BCUT2D eigenvalue weighted by molar-refractivity contribution is -0.0176. The fourth-order valence-electron chi connectivity index (χ4n) is 1.42. The van der Waals surface area contributed by atoms with Gasteiger partial charge < -0.3 is 10.4 Å². The number of benzene rings is 1. The summed E-state index contributed by atoms with van der Waals surface area (Å²) in [6.07, 6.45) is 0. The van der Waals surface area contributed by atoms with Crippen molar-refractivity contribution >= 4 is 11.6 Å². The Morgan fingerprint density at radius 2 is 2.15 bits per heavy atom. The van der Waals surface area contributed by atoms with Gasteiger partial charge in [0.2, 0.25) is 0 Å². The number of aliphatic hydroxyl groups is 1. The molecule has 1 fully saturated rings. The molecule has 2 nitrogen and oxygen atoms in total. The SMILES string of the molecule is OC1(c2ccc(Cl)cc2F)CNC1. The van der Waals surface area contributed by atoms with Gasteiger partial charge in [-0.05, 0) is 12.1 Å². The molecule has 0 amide bonds. The molecule has 0 bridgehead atoms. The second-order valence-electron chi connectivity index (χ2n) is 3.26. The molecular formula is C9H9ClFNO. The Hall–Kier alpha value is -0.640. The molecule has 1 aromatic carbocycles. The Labute approximate surface area is 80.3 Å². The predicted molar refractivity (Wildman–Crippen MR) is 48.2 cm³/mol. The van der Waals surface area contributed by atoms with Crippen molar-refractivity contribution in [1.29, 1.82) is 0 Å². The molecule has 2 N–H and O–H groups in total. The maximum absolute atomic E-state index is 13.3. The standard InChI is InChI=1S/C9H9ClFNO/c10-6-1-2-7(8(11)3-6)9(13)4-12-5-9/h1-3,12-13H,4-5H2. The zero-order chi connectivity index (χ0) is 9.47. The Morgan fingerprint density at radius 3 is 2.62 bits per heavy atom. The smallest absolute Gasteiger partial charge is 0.130 e. The van der Waals surface area contributed by atoms with Crippen LogP contribution in [0.1, 0.15) is 5.56 Å². The molecule has 0 aromatic heterocycles. The van der Waals surface area contributed by atoms with Gasteiger partial charge >= 0.3 is 0 Å². The molecule has 0 atom stereocenters. The topological polar surface area (TPSA) is 32.3 Å². The Bertz CT molecular complexity index is 338. The minimum absolute atomic E-state index is 0.315. The maximum atomic E-state index is 13.3. The molecule has 0 radical (unpaired) electrons. The average Bonchev–Trinajstić information content (AvgIpc) is 2.00. The summed E-state index contributed by atoms with van der Waals surface area (Å²) in [5, 5.41) is 13.0. The van der Waals surface area contributed by atoms with Gasteiger partial charge in [0.05, 0.1) is 0 Å². The first-order valence-corrected chi connectivity index (χ1v) is 4.38. The maximum Gasteiger partial charge on any atom is 0.130 e. The van der Waals surface area contributed by atoms with Gasteiger partial charge in [-0.15, -0.1) is 0 Å². The first-order valence-electron chi connectivity index (χ1n) is 4.00. The second kappa shape index (κ2) is 2.94. The van der Waals surface area contributed by atoms with Gasteiger partial charge in [0.15, 0.2) is 0 Å². The van der Waals surface area contributed by atoms with Crippen molar-refractivity contribution in [2.24, 2.45) is 0 Å². The molecule has 1 heterocycles. The number of β-amino-alcohol motifs (C(OH)–C–C–N with tert-alkyl or cyclic N) is 1. The summed E-state index contributed by atoms with van der Waals surface area (Å²) in [7, 11) is 0. The normalized spacial score (nSPS) is 19.6. The molecule has 1 aliphatic rings. The highest BCUT2D eigenvalue weighted by atomic mass is 35.5. The highest BCUT2D eigenvalue weighted by Gasteiger charge is 2.38.